The molecule has 8 nitrogen and oxygen atoms in total. The van der Waals surface area contributed by atoms with E-state index >= 15 is 0 Å². The van der Waals surface area contributed by atoms with Gasteiger partial charge in [0.25, 0.3) is 7.82 Å². The van der Waals surface area contributed by atoms with E-state index in [1.165, 1.54) is 128 Å². The third kappa shape index (κ3) is 36.6. The van der Waals surface area contributed by atoms with E-state index in [-0.39, 0.29) is 25.8 Å². The van der Waals surface area contributed by atoms with Crippen molar-refractivity contribution in [2.75, 3.05) is 54.1 Å². The molecule has 0 saturated carbocycles. The molecule has 0 aliphatic rings. The molecule has 9 heteroatoms. The van der Waals surface area contributed by atoms with Gasteiger partial charge in [0.2, 0.25) is 0 Å². The topological polar surface area (TPSA) is 94.1 Å². The van der Waals surface area contributed by atoms with Gasteiger partial charge in [0.15, 0.2) is 0 Å². The van der Waals surface area contributed by atoms with Crippen LogP contribution in [0.15, 0.2) is 0 Å². The van der Waals surface area contributed by atoms with E-state index in [1.807, 2.05) is 21.1 Å². The molecule has 0 radical (unpaired) electrons. The predicted molar refractivity (Wildman–Crippen MR) is 194 cm³/mol. The molecular weight excluding hydrogens is 613 g/mol. The van der Waals surface area contributed by atoms with E-state index in [2.05, 4.69) is 13.8 Å². The van der Waals surface area contributed by atoms with Crippen molar-refractivity contribution in [1.29, 1.82) is 0 Å². The summed E-state index contributed by atoms with van der Waals surface area (Å²) in [6.07, 6.45) is 31.3. The molecule has 0 heterocycles. The van der Waals surface area contributed by atoms with Crippen molar-refractivity contribution in [3.05, 3.63) is 0 Å². The predicted octanol–water partition coefficient (Wildman–Crippen LogP) is 10.3. The third-order valence-corrected chi connectivity index (χ3v) is 9.62. The van der Waals surface area contributed by atoms with Gasteiger partial charge in [0.1, 0.15) is 19.3 Å². The molecule has 0 saturated heterocycles. The normalized spacial score (nSPS) is 13.9. The highest BCUT2D eigenvalue weighted by Gasteiger charge is 2.20. The average Bonchev–Trinajstić information content (AvgIpc) is 3.01. The summed E-state index contributed by atoms with van der Waals surface area (Å²) in [5.74, 6) is -0.337. The lowest BCUT2D eigenvalue weighted by Crippen LogP contribution is -2.37. The number of hydrogen-bond acceptors (Lipinski definition) is 7. The van der Waals surface area contributed by atoms with Gasteiger partial charge in [0.05, 0.1) is 34.4 Å². The molecule has 282 valence electrons. The fourth-order valence-corrected chi connectivity index (χ4v) is 6.27. The summed E-state index contributed by atoms with van der Waals surface area (Å²) in [7, 11) is 1.37. The summed E-state index contributed by atoms with van der Waals surface area (Å²) < 4.78 is 34.3. The Kier molecular flexibility index (Phi) is 32.3. The molecule has 0 aromatic heterocycles. The van der Waals surface area contributed by atoms with Gasteiger partial charge in [-0.1, -0.05) is 162 Å². The van der Waals surface area contributed by atoms with E-state index in [4.69, 9.17) is 18.5 Å². The van der Waals surface area contributed by atoms with Gasteiger partial charge in [-0.3, -0.25) is 9.36 Å². The molecule has 0 aliphatic carbocycles. The summed E-state index contributed by atoms with van der Waals surface area (Å²) >= 11 is 0. The standard InChI is InChI=1S/C38H78NO7P/c1-6-8-10-12-14-15-16-17-18-19-20-21-22-23-24-26-28-30-33-43-35-37(36-45-47(41,42)44-34-32-39(3,4)5)46-38(40)31-29-27-25-13-11-9-7-2/h37H,6-36H2,1-5H3. The van der Waals surface area contributed by atoms with E-state index in [0.717, 1.165) is 32.1 Å². The maximum atomic E-state index is 12.5. The Morgan fingerprint density at radius 1 is 0.574 bits per heavy atom. The van der Waals surface area contributed by atoms with Gasteiger partial charge in [-0.15, -0.1) is 0 Å². The number of quaternary nitrogens is 1. The van der Waals surface area contributed by atoms with Crippen LogP contribution in [0.4, 0.5) is 0 Å². The minimum atomic E-state index is -4.50. The maximum absolute atomic E-state index is 12.5. The molecule has 2 unspecified atom stereocenters. The Hall–Kier alpha value is -0.500. The zero-order chi connectivity index (χ0) is 34.9. The first-order valence-corrected chi connectivity index (χ1v) is 21.2. The summed E-state index contributed by atoms with van der Waals surface area (Å²) in [6.45, 7) is 5.40. The number of carbonyl (C=O) groups is 1. The number of esters is 1. The summed E-state index contributed by atoms with van der Waals surface area (Å²) in [6, 6.07) is 0. The van der Waals surface area contributed by atoms with Crippen LogP contribution < -0.4 is 4.89 Å². The molecule has 0 rings (SSSR count). The zero-order valence-corrected chi connectivity index (χ0v) is 32.6. The lowest BCUT2D eigenvalue weighted by atomic mass is 10.0. The van der Waals surface area contributed by atoms with Gasteiger partial charge < -0.3 is 27.9 Å². The first-order valence-electron chi connectivity index (χ1n) is 19.8. The molecule has 0 N–H and O–H groups in total. The molecule has 0 fully saturated rings. The SMILES string of the molecule is CCCCCCCCCCCCCCCCCCCCOCC(COP(=O)([O-])OCC[N+](C)(C)C)OC(=O)CCCCCCCCC. The van der Waals surface area contributed by atoms with Gasteiger partial charge in [-0.25, -0.2) is 0 Å². The molecule has 0 aromatic carbocycles. The second-order valence-electron chi connectivity index (χ2n) is 14.7. The monoisotopic (exact) mass is 692 g/mol. The number of likely N-dealkylation sites (N-methyl/N-ethyl adjacent to an activating group) is 1. The molecule has 0 bridgehead atoms. The van der Waals surface area contributed by atoms with Crippen molar-refractivity contribution in [2.45, 2.75) is 187 Å². The number of nitrogens with zero attached hydrogens (tertiary/aromatic N) is 1. The van der Waals surface area contributed by atoms with Crippen molar-refractivity contribution in [3.63, 3.8) is 0 Å². The second kappa shape index (κ2) is 32.7. The Morgan fingerprint density at radius 2 is 0.979 bits per heavy atom. The fourth-order valence-electron chi connectivity index (χ4n) is 5.55. The van der Waals surface area contributed by atoms with E-state index in [9.17, 15) is 14.3 Å². The van der Waals surface area contributed by atoms with E-state index in [0.29, 0.717) is 24.1 Å². The molecule has 0 aromatic rings. The van der Waals surface area contributed by atoms with Crippen LogP contribution in [0.1, 0.15) is 181 Å². The lowest BCUT2D eigenvalue weighted by molar-refractivity contribution is -0.870. The Morgan fingerprint density at radius 3 is 1.40 bits per heavy atom. The second-order valence-corrected chi connectivity index (χ2v) is 16.1. The van der Waals surface area contributed by atoms with Crippen LogP contribution in [-0.4, -0.2) is 70.7 Å². The van der Waals surface area contributed by atoms with Crippen molar-refractivity contribution < 1.29 is 37.3 Å². The van der Waals surface area contributed by atoms with Crippen LogP contribution in [0.5, 0.6) is 0 Å². The highest BCUT2D eigenvalue weighted by molar-refractivity contribution is 7.45. The van der Waals surface area contributed by atoms with Crippen LogP contribution >= 0.6 is 7.82 Å². The van der Waals surface area contributed by atoms with Crippen LogP contribution in [0.3, 0.4) is 0 Å². The number of phosphoric acid groups is 1. The summed E-state index contributed by atoms with van der Waals surface area (Å²) in [4.78, 5) is 24.8. The van der Waals surface area contributed by atoms with Gasteiger partial charge in [-0.05, 0) is 12.8 Å². The summed E-state index contributed by atoms with van der Waals surface area (Å²) in [5, 5.41) is 0. The van der Waals surface area contributed by atoms with Crippen LogP contribution in [-0.2, 0) is 27.9 Å². The first-order chi connectivity index (χ1) is 22.6. The molecule has 47 heavy (non-hydrogen) atoms. The van der Waals surface area contributed by atoms with E-state index in [1.54, 1.807) is 0 Å². The first kappa shape index (κ1) is 46.5. The minimum Gasteiger partial charge on any atom is -0.756 e. The smallest absolute Gasteiger partial charge is 0.306 e. The van der Waals surface area contributed by atoms with Crippen LogP contribution in [0.2, 0.25) is 0 Å². The highest BCUT2D eigenvalue weighted by Crippen LogP contribution is 2.38. The van der Waals surface area contributed by atoms with Gasteiger partial charge in [0, 0.05) is 13.0 Å². The number of rotatable bonds is 37. The lowest BCUT2D eigenvalue weighted by Gasteiger charge is -2.28. The molecule has 0 spiro atoms. The zero-order valence-electron chi connectivity index (χ0n) is 31.7. The van der Waals surface area contributed by atoms with Crippen molar-refractivity contribution in [1.82, 2.24) is 0 Å². The van der Waals surface area contributed by atoms with Crippen LogP contribution in [0.25, 0.3) is 0 Å². The minimum absolute atomic E-state index is 0.0306. The van der Waals surface area contributed by atoms with Crippen molar-refractivity contribution in [2.24, 2.45) is 0 Å². The van der Waals surface area contributed by atoms with Crippen molar-refractivity contribution in [3.8, 4) is 0 Å². The molecule has 0 aliphatic heterocycles. The Balaban J connectivity index is 4.09. The number of ether oxygens (including phenoxy) is 2. The molecule has 2 atom stereocenters. The number of phosphoric ester groups is 1. The Bertz CT molecular complexity index is 731. The van der Waals surface area contributed by atoms with Gasteiger partial charge >= 0.3 is 5.97 Å². The van der Waals surface area contributed by atoms with Crippen LogP contribution in [0, 0.1) is 0 Å². The van der Waals surface area contributed by atoms with Crippen molar-refractivity contribution >= 4 is 13.8 Å². The highest BCUT2D eigenvalue weighted by atomic mass is 31.2. The third-order valence-electron chi connectivity index (χ3n) is 8.66. The quantitative estimate of drug-likeness (QED) is 0.0277. The number of unbranched alkanes of at least 4 members (excludes halogenated alkanes) is 23. The largest absolute Gasteiger partial charge is 0.756 e. The number of hydrogen-bond donors (Lipinski definition) is 0. The Labute approximate surface area is 291 Å². The summed E-state index contributed by atoms with van der Waals surface area (Å²) in [5.41, 5.74) is 0. The average molecular weight is 692 g/mol. The molecule has 0 amide bonds. The van der Waals surface area contributed by atoms with Gasteiger partial charge in [-0.2, -0.15) is 0 Å². The maximum Gasteiger partial charge on any atom is 0.306 e. The van der Waals surface area contributed by atoms with E-state index < -0.39 is 13.9 Å². The molecular formula is C38H78NO7P. The number of carbonyl (C=O) groups excluding carboxylic acids is 1. The fraction of sp³-hybridized carbons (Fsp3) is 0.974.